The maximum Gasteiger partial charge on any atom is 0.397 e. The van der Waals surface area contributed by atoms with Crippen molar-refractivity contribution in [3.05, 3.63) is 66.7 Å². The summed E-state index contributed by atoms with van der Waals surface area (Å²) in [6.07, 6.45) is 0. The minimum absolute atomic E-state index is 0.0712. The van der Waals surface area contributed by atoms with E-state index in [1.807, 2.05) is 0 Å². The molecule has 390 valence electrons. The van der Waals surface area contributed by atoms with Crippen molar-refractivity contribution < 1.29 is 103 Å². The summed E-state index contributed by atoms with van der Waals surface area (Å²) in [5, 5.41) is 26.1. The summed E-state index contributed by atoms with van der Waals surface area (Å²) >= 11 is 0. The van der Waals surface area contributed by atoms with Crippen LogP contribution in [0.5, 0.6) is 0 Å². The number of nitrogens with two attached hydrogens (primary N) is 1. The zero-order valence-electron chi connectivity index (χ0n) is 35.1. The molecule has 0 aliphatic rings. The average molecular weight is 1160 g/mol. The molecule has 32 nitrogen and oxygen atoms in total. The standard InChI is InChI=1S/C31H34N8O24S8/c1-33-30-26(38-34-19-2-4-20(5-3-19)64(40,41)13-10-61-69(52,53)54)18-25(37-35-23-8-6-21(16-27(23)67(46,47)48)65(42,43)14-11-62-70(55,56)57)29(32)31(30)39-36-24-9-7-22(17-28(24)68(49,50)51)66(44,45)15-12-63-71(58,59)60/h2-9,16-18,33H,10-15,32H2,1H3,(H,46,47,48)(H,49,50,51)(H,52,53,54)(H,55,56,57)(H,58,59,60). The third kappa shape index (κ3) is 17.1. The normalized spacial score (nSPS) is 13.7. The second-order valence-corrected chi connectivity index (χ2v) is 25.7. The van der Waals surface area contributed by atoms with Crippen LogP contribution in [0.25, 0.3) is 0 Å². The van der Waals surface area contributed by atoms with E-state index in [1.165, 1.54) is 7.05 Å². The first-order chi connectivity index (χ1) is 32.4. The lowest BCUT2D eigenvalue weighted by Crippen LogP contribution is -2.16. The Labute approximate surface area is 403 Å². The van der Waals surface area contributed by atoms with Crippen molar-refractivity contribution in [2.75, 3.05) is 55.2 Å². The smallest absolute Gasteiger partial charge is 0.395 e. The number of sulfone groups is 3. The molecule has 0 aliphatic heterocycles. The number of hydrogen-bond donors (Lipinski definition) is 7. The van der Waals surface area contributed by atoms with Gasteiger partial charge in [0.25, 0.3) is 20.2 Å². The number of hydrogen-bond acceptors (Lipinski definition) is 27. The van der Waals surface area contributed by atoms with Crippen molar-refractivity contribution in [2.24, 2.45) is 30.7 Å². The summed E-state index contributed by atoms with van der Waals surface area (Å²) in [7, 11) is -37.9. The topological polar surface area (TPSA) is 514 Å². The van der Waals surface area contributed by atoms with Crippen molar-refractivity contribution in [1.29, 1.82) is 0 Å². The number of benzene rings is 4. The van der Waals surface area contributed by atoms with E-state index in [-0.39, 0.29) is 22.0 Å². The quantitative estimate of drug-likeness (QED) is 0.0301. The zero-order chi connectivity index (χ0) is 53.6. The van der Waals surface area contributed by atoms with E-state index in [2.05, 4.69) is 48.6 Å². The van der Waals surface area contributed by atoms with Crippen molar-refractivity contribution in [2.45, 2.75) is 24.5 Å². The molecule has 8 N–H and O–H groups in total. The first kappa shape index (κ1) is 58.1. The van der Waals surface area contributed by atoms with Crippen molar-refractivity contribution in [3.8, 4) is 0 Å². The lowest BCUT2D eigenvalue weighted by atomic mass is 10.1. The Hall–Kier alpha value is -5.44. The first-order valence-electron chi connectivity index (χ1n) is 18.2. The van der Waals surface area contributed by atoms with Gasteiger partial charge in [-0.3, -0.25) is 22.8 Å². The van der Waals surface area contributed by atoms with Gasteiger partial charge in [-0.15, -0.1) is 25.6 Å². The Balaban J connectivity index is 1.89. The lowest BCUT2D eigenvalue weighted by molar-refractivity contribution is 0.282. The summed E-state index contributed by atoms with van der Waals surface area (Å²) in [6, 6.07) is 9.16. The predicted octanol–water partition coefficient (Wildman–Crippen LogP) is 2.83. The molecule has 40 heteroatoms. The molecule has 0 unspecified atom stereocenters. The van der Waals surface area contributed by atoms with Gasteiger partial charge in [-0.1, -0.05) is 0 Å². The molecule has 0 aliphatic carbocycles. The number of anilines is 2. The van der Waals surface area contributed by atoms with Gasteiger partial charge < -0.3 is 11.1 Å². The first-order valence-corrected chi connectivity index (χ1v) is 30.1. The number of nitrogens with one attached hydrogen (secondary N) is 1. The van der Waals surface area contributed by atoms with Gasteiger partial charge in [-0.05, 0) is 66.7 Å². The molecular formula is C31H34N8O24S8. The van der Waals surface area contributed by atoms with Gasteiger partial charge in [-0.25, -0.2) is 37.8 Å². The largest absolute Gasteiger partial charge is 0.397 e. The van der Waals surface area contributed by atoms with Crippen LogP contribution in [0.2, 0.25) is 0 Å². The van der Waals surface area contributed by atoms with Gasteiger partial charge in [-0.2, -0.15) is 47.2 Å². The highest BCUT2D eigenvalue weighted by Gasteiger charge is 2.26. The van der Waals surface area contributed by atoms with Crippen LogP contribution in [-0.4, -0.2) is 134 Å². The van der Waals surface area contributed by atoms with Gasteiger partial charge >= 0.3 is 31.2 Å². The fourth-order valence-electron chi connectivity index (χ4n) is 5.27. The van der Waals surface area contributed by atoms with Crippen LogP contribution in [0.15, 0.2) is 122 Å². The van der Waals surface area contributed by atoms with Gasteiger partial charge in [0.15, 0.2) is 29.5 Å². The van der Waals surface area contributed by atoms with E-state index in [0.29, 0.717) is 12.1 Å². The van der Waals surface area contributed by atoms with E-state index < -0.39 is 166 Å². The lowest BCUT2D eigenvalue weighted by Gasteiger charge is -2.13. The molecule has 4 aromatic carbocycles. The number of azo groups is 3. The van der Waals surface area contributed by atoms with Crippen molar-refractivity contribution in [1.82, 2.24) is 0 Å². The molecule has 0 amide bonds. The monoisotopic (exact) mass is 1160 g/mol. The molecule has 0 bridgehead atoms. The highest BCUT2D eigenvalue weighted by Crippen LogP contribution is 2.47. The average Bonchev–Trinajstić information content (AvgIpc) is 3.22. The fraction of sp³-hybridized carbons (Fsp3) is 0.226. The SMILES string of the molecule is CNc1c(N=Nc2ccc(S(=O)(=O)CCOS(=O)(=O)O)cc2)cc(N=Nc2ccc(S(=O)(=O)CCOS(=O)(=O)O)cc2S(=O)(=O)O)c(N)c1N=Nc1ccc(S(=O)(=O)CCOS(=O)(=O)O)cc1S(=O)(=O)O. The Morgan fingerprint density at radius 2 is 0.803 bits per heavy atom. The highest BCUT2D eigenvalue weighted by atomic mass is 32.3. The van der Waals surface area contributed by atoms with E-state index in [4.69, 9.17) is 19.4 Å². The van der Waals surface area contributed by atoms with Gasteiger partial charge in [0, 0.05) is 7.05 Å². The third-order valence-corrected chi connectivity index (χ3v) is 16.6. The predicted molar refractivity (Wildman–Crippen MR) is 241 cm³/mol. The Morgan fingerprint density at radius 1 is 0.451 bits per heavy atom. The number of nitrogen functional groups attached to an aromatic ring is 1. The summed E-state index contributed by atoms with van der Waals surface area (Å²) < 4.78 is 250. The molecule has 0 radical (unpaired) electrons. The number of rotatable bonds is 24. The molecule has 4 rings (SSSR count). The van der Waals surface area contributed by atoms with Crippen molar-refractivity contribution in [3.63, 3.8) is 0 Å². The summed E-state index contributed by atoms with van der Waals surface area (Å²) in [5.41, 5.74) is 2.59. The van der Waals surface area contributed by atoms with Crippen LogP contribution in [-0.2, 0) is 93.5 Å². The van der Waals surface area contributed by atoms with Crippen LogP contribution >= 0.6 is 0 Å². The second-order valence-electron chi connectivity index (χ2n) is 13.3. The molecule has 0 aromatic heterocycles. The van der Waals surface area contributed by atoms with Crippen LogP contribution in [0, 0.1) is 0 Å². The van der Waals surface area contributed by atoms with E-state index >= 15 is 0 Å². The molecule has 4 aromatic rings. The molecule has 0 heterocycles. The minimum atomic E-state index is -5.37. The molecule has 0 spiro atoms. The zero-order valence-corrected chi connectivity index (χ0v) is 41.6. The highest BCUT2D eigenvalue weighted by molar-refractivity contribution is 7.92. The summed E-state index contributed by atoms with van der Waals surface area (Å²) in [5.74, 6) is -3.13. The molecule has 0 fully saturated rings. The number of nitrogens with zero attached hydrogens (tertiary/aromatic N) is 6. The van der Waals surface area contributed by atoms with Crippen LogP contribution in [0.4, 0.5) is 45.5 Å². The Kier molecular flexibility index (Phi) is 18.1. The van der Waals surface area contributed by atoms with Crippen LogP contribution in [0.1, 0.15) is 0 Å². The fourth-order valence-corrected chi connectivity index (χ4v) is 11.2. The van der Waals surface area contributed by atoms with Crippen LogP contribution < -0.4 is 11.1 Å². The third-order valence-electron chi connectivity index (χ3n) is 8.43. The maximum atomic E-state index is 12.8. The maximum absolute atomic E-state index is 12.8. The van der Waals surface area contributed by atoms with E-state index in [9.17, 15) is 76.4 Å². The second kappa shape index (κ2) is 22.1. The molecule has 71 heavy (non-hydrogen) atoms. The Morgan fingerprint density at radius 3 is 1.18 bits per heavy atom. The van der Waals surface area contributed by atoms with E-state index in [1.54, 1.807) is 0 Å². The van der Waals surface area contributed by atoms with Crippen LogP contribution in [0.3, 0.4) is 0 Å². The summed E-state index contributed by atoms with van der Waals surface area (Å²) in [4.78, 5) is -4.37. The van der Waals surface area contributed by atoms with Gasteiger partial charge in [0.1, 0.15) is 38.2 Å². The van der Waals surface area contributed by atoms with E-state index in [0.717, 1.165) is 54.6 Å². The summed E-state index contributed by atoms with van der Waals surface area (Å²) in [6.45, 7) is -3.16. The molecular weight excluding hydrogens is 1120 g/mol. The Bertz CT molecular complexity index is 3740. The van der Waals surface area contributed by atoms with Crippen molar-refractivity contribution >= 4 is 126 Å². The van der Waals surface area contributed by atoms with Gasteiger partial charge in [0.2, 0.25) is 0 Å². The minimum Gasteiger partial charge on any atom is -0.395 e. The molecule has 0 saturated carbocycles. The van der Waals surface area contributed by atoms with Gasteiger partial charge in [0.05, 0.1) is 68.8 Å². The molecule has 0 saturated heterocycles. The molecule has 0 atom stereocenters.